The van der Waals surface area contributed by atoms with Gasteiger partial charge in [0.15, 0.2) is 5.60 Å². The van der Waals surface area contributed by atoms with Crippen LogP contribution in [0.15, 0.2) is 0 Å². The number of aliphatic carboxylic acids is 1. The maximum absolute atomic E-state index is 12.1. The van der Waals surface area contributed by atoms with E-state index in [0.717, 1.165) is 12.8 Å². The minimum Gasteiger partial charge on any atom is -0.479 e. The van der Waals surface area contributed by atoms with E-state index >= 15 is 0 Å². The molecule has 2 rings (SSSR count). The molecule has 0 radical (unpaired) electrons. The van der Waals surface area contributed by atoms with Gasteiger partial charge in [-0.1, -0.05) is 0 Å². The summed E-state index contributed by atoms with van der Waals surface area (Å²) in [5.74, 6) is -1.20. The molecular weight excluding hydrogens is 250 g/mol. The molecule has 0 aromatic heterocycles. The number of rotatable bonds is 1. The quantitative estimate of drug-likeness (QED) is 0.752. The van der Waals surface area contributed by atoms with Gasteiger partial charge < -0.3 is 19.8 Å². The fourth-order valence-corrected chi connectivity index (χ4v) is 3.01. The van der Waals surface area contributed by atoms with E-state index in [1.165, 1.54) is 0 Å². The maximum atomic E-state index is 12.1. The van der Waals surface area contributed by atoms with Crippen molar-refractivity contribution in [2.45, 2.75) is 69.7 Å². The lowest BCUT2D eigenvalue weighted by atomic mass is 9.86. The van der Waals surface area contributed by atoms with Gasteiger partial charge in [-0.15, -0.1) is 0 Å². The first-order chi connectivity index (χ1) is 8.62. The number of carboxylic acids is 1. The van der Waals surface area contributed by atoms with Crippen molar-refractivity contribution in [3.05, 3.63) is 0 Å². The number of ether oxygens (including phenoxy) is 1. The Morgan fingerprint density at radius 1 is 1.21 bits per heavy atom. The highest BCUT2D eigenvalue weighted by Gasteiger charge is 2.53. The summed E-state index contributed by atoms with van der Waals surface area (Å²) in [7, 11) is 0. The van der Waals surface area contributed by atoms with Crippen LogP contribution in [0.25, 0.3) is 0 Å². The monoisotopic (exact) mass is 271 g/mol. The van der Waals surface area contributed by atoms with Crippen molar-refractivity contribution < 1.29 is 24.5 Å². The highest BCUT2D eigenvalue weighted by atomic mass is 16.6. The molecule has 0 saturated carbocycles. The molecule has 2 heterocycles. The molecule has 6 nitrogen and oxygen atoms in total. The Morgan fingerprint density at radius 3 is 2.05 bits per heavy atom. The molecule has 2 fully saturated rings. The molecular formula is C13H21NO5. The Morgan fingerprint density at radius 2 is 1.68 bits per heavy atom. The predicted molar refractivity (Wildman–Crippen MR) is 66.7 cm³/mol. The predicted octanol–water partition coefficient (Wildman–Crippen LogP) is 1.36. The number of carbonyl (C=O) groups is 2. The zero-order valence-electron chi connectivity index (χ0n) is 11.5. The molecule has 2 bridgehead atoms. The van der Waals surface area contributed by atoms with Crippen LogP contribution < -0.4 is 0 Å². The summed E-state index contributed by atoms with van der Waals surface area (Å²) < 4.78 is 5.34. The van der Waals surface area contributed by atoms with Crippen molar-refractivity contribution in [2.24, 2.45) is 0 Å². The summed E-state index contributed by atoms with van der Waals surface area (Å²) >= 11 is 0. The van der Waals surface area contributed by atoms with E-state index in [2.05, 4.69) is 0 Å². The fourth-order valence-electron chi connectivity index (χ4n) is 3.01. The normalized spacial score (nSPS) is 34.2. The molecule has 2 saturated heterocycles. The first-order valence-electron chi connectivity index (χ1n) is 6.59. The third-order valence-corrected chi connectivity index (χ3v) is 3.77. The van der Waals surface area contributed by atoms with Crippen LogP contribution in [-0.4, -0.2) is 50.5 Å². The SMILES string of the molecule is CC(C)(C)OC(=O)N1C2CCC1CC(O)(C(=O)O)C2. The Balaban J connectivity index is 2.12. The summed E-state index contributed by atoms with van der Waals surface area (Å²) in [6, 6.07) is -0.482. The van der Waals surface area contributed by atoms with Crippen LogP contribution in [0.3, 0.4) is 0 Å². The van der Waals surface area contributed by atoms with Crippen molar-refractivity contribution in [1.82, 2.24) is 4.90 Å². The molecule has 2 aliphatic heterocycles. The Bertz CT molecular complexity index is 386. The lowest BCUT2D eigenvalue weighted by molar-refractivity contribution is -0.166. The van der Waals surface area contributed by atoms with Gasteiger partial charge in [-0.2, -0.15) is 0 Å². The van der Waals surface area contributed by atoms with E-state index in [-0.39, 0.29) is 24.9 Å². The lowest BCUT2D eigenvalue weighted by Gasteiger charge is -2.41. The topological polar surface area (TPSA) is 87.1 Å². The van der Waals surface area contributed by atoms with Crippen molar-refractivity contribution in [3.63, 3.8) is 0 Å². The third-order valence-electron chi connectivity index (χ3n) is 3.77. The summed E-state index contributed by atoms with van der Waals surface area (Å²) in [5.41, 5.74) is -2.28. The number of piperidine rings is 1. The first kappa shape index (κ1) is 14.1. The second-order valence-electron chi connectivity index (χ2n) is 6.52. The van der Waals surface area contributed by atoms with Gasteiger partial charge in [0.1, 0.15) is 5.60 Å². The number of hydrogen-bond donors (Lipinski definition) is 2. The zero-order valence-corrected chi connectivity index (χ0v) is 11.5. The summed E-state index contributed by atoms with van der Waals surface area (Å²) in [6.07, 6.45) is 1.20. The molecule has 0 aromatic rings. The van der Waals surface area contributed by atoms with Crippen molar-refractivity contribution in [3.8, 4) is 0 Å². The van der Waals surface area contributed by atoms with Crippen LogP contribution in [0.1, 0.15) is 46.5 Å². The molecule has 19 heavy (non-hydrogen) atoms. The van der Waals surface area contributed by atoms with Gasteiger partial charge in [-0.25, -0.2) is 9.59 Å². The zero-order chi connectivity index (χ0) is 14.4. The van der Waals surface area contributed by atoms with Crippen LogP contribution in [0.5, 0.6) is 0 Å². The number of amides is 1. The van der Waals surface area contributed by atoms with E-state index in [4.69, 9.17) is 9.84 Å². The largest absolute Gasteiger partial charge is 0.479 e. The van der Waals surface area contributed by atoms with Gasteiger partial charge in [0.2, 0.25) is 0 Å². The van der Waals surface area contributed by atoms with Crippen LogP contribution in [0, 0.1) is 0 Å². The Hall–Kier alpha value is -1.30. The van der Waals surface area contributed by atoms with Gasteiger partial charge in [0.25, 0.3) is 0 Å². The van der Waals surface area contributed by atoms with E-state index < -0.39 is 23.3 Å². The van der Waals surface area contributed by atoms with Gasteiger partial charge in [0.05, 0.1) is 0 Å². The Labute approximate surface area is 112 Å². The minimum atomic E-state index is -1.70. The van der Waals surface area contributed by atoms with E-state index in [1.54, 1.807) is 25.7 Å². The van der Waals surface area contributed by atoms with Crippen molar-refractivity contribution in [2.75, 3.05) is 0 Å². The summed E-state index contributed by atoms with van der Waals surface area (Å²) in [6.45, 7) is 5.39. The second-order valence-corrected chi connectivity index (χ2v) is 6.52. The molecule has 0 aliphatic carbocycles. The molecule has 2 aliphatic rings. The average molecular weight is 271 g/mol. The molecule has 0 spiro atoms. The molecule has 2 N–H and O–H groups in total. The molecule has 0 aromatic carbocycles. The molecule has 2 atom stereocenters. The summed E-state index contributed by atoms with van der Waals surface area (Å²) in [4.78, 5) is 24.9. The summed E-state index contributed by atoms with van der Waals surface area (Å²) in [5, 5.41) is 19.2. The second kappa shape index (κ2) is 4.37. The number of hydrogen-bond acceptors (Lipinski definition) is 4. The highest BCUT2D eigenvalue weighted by molar-refractivity contribution is 5.78. The maximum Gasteiger partial charge on any atom is 0.410 e. The number of nitrogens with zero attached hydrogens (tertiary/aromatic N) is 1. The molecule has 1 amide bonds. The van der Waals surface area contributed by atoms with Crippen molar-refractivity contribution in [1.29, 1.82) is 0 Å². The number of aliphatic hydroxyl groups is 1. The first-order valence-corrected chi connectivity index (χ1v) is 6.59. The molecule has 108 valence electrons. The smallest absolute Gasteiger partial charge is 0.410 e. The van der Waals surface area contributed by atoms with Gasteiger partial charge in [0, 0.05) is 24.9 Å². The van der Waals surface area contributed by atoms with Crippen LogP contribution in [0.4, 0.5) is 4.79 Å². The standard InChI is InChI=1S/C13H21NO5/c1-12(2,3)19-11(17)14-8-4-5-9(14)7-13(18,6-8)10(15)16/h8-9,18H,4-7H2,1-3H3,(H,15,16). The Kier molecular flexibility index (Phi) is 3.24. The van der Waals surface area contributed by atoms with Gasteiger partial charge in [-0.3, -0.25) is 0 Å². The number of carbonyl (C=O) groups excluding carboxylic acids is 1. The third kappa shape index (κ3) is 2.68. The molecule has 2 unspecified atom stereocenters. The van der Waals surface area contributed by atoms with E-state index in [9.17, 15) is 14.7 Å². The fraction of sp³-hybridized carbons (Fsp3) is 0.846. The van der Waals surface area contributed by atoms with Gasteiger partial charge in [-0.05, 0) is 33.6 Å². The minimum absolute atomic E-state index is 0.0814. The van der Waals surface area contributed by atoms with E-state index in [0.29, 0.717) is 0 Å². The van der Waals surface area contributed by atoms with Crippen LogP contribution in [-0.2, 0) is 9.53 Å². The number of carboxylic acid groups (broad SMARTS) is 1. The molecule has 6 heteroatoms. The van der Waals surface area contributed by atoms with Crippen molar-refractivity contribution >= 4 is 12.1 Å². The van der Waals surface area contributed by atoms with Crippen LogP contribution >= 0.6 is 0 Å². The highest BCUT2D eigenvalue weighted by Crippen LogP contribution is 2.41. The number of fused-ring (bicyclic) bond motifs is 2. The average Bonchev–Trinajstić information content (AvgIpc) is 2.49. The van der Waals surface area contributed by atoms with E-state index in [1.807, 2.05) is 0 Å². The van der Waals surface area contributed by atoms with Crippen LogP contribution in [0.2, 0.25) is 0 Å². The van der Waals surface area contributed by atoms with Gasteiger partial charge >= 0.3 is 12.1 Å². The lowest BCUT2D eigenvalue weighted by Crippen LogP contribution is -2.57.